The molecule has 0 N–H and O–H groups in total. The molecular weight excluding hydrogens is 207 g/mol. The van der Waals surface area contributed by atoms with Crippen molar-refractivity contribution in [2.24, 2.45) is 5.92 Å². The molecule has 2 rings (SSSR count). The summed E-state index contributed by atoms with van der Waals surface area (Å²) in [5.74, 6) is 0.571. The Balaban J connectivity index is 0.000000606. The highest BCUT2D eigenvalue weighted by Gasteiger charge is 2.38. The van der Waals surface area contributed by atoms with Crippen LogP contribution >= 0.6 is 0 Å². The molecule has 0 spiro atoms. The summed E-state index contributed by atoms with van der Waals surface area (Å²) in [4.78, 5) is 15.3. The second kappa shape index (κ2) is 5.51. The van der Waals surface area contributed by atoms with E-state index in [4.69, 9.17) is 0 Å². The molecule has 2 heterocycles. The second-order valence-electron chi connectivity index (χ2n) is 4.48. The Hall–Kier alpha value is -0.800. The summed E-state index contributed by atoms with van der Waals surface area (Å²) in [5, 5.41) is 0. The van der Waals surface area contributed by atoms with E-state index in [0.29, 0.717) is 12.0 Å². The Morgan fingerprint density at radius 3 is 2.19 bits per heavy atom. The van der Waals surface area contributed by atoms with Crippen LogP contribution < -0.4 is 0 Å². The zero-order valence-corrected chi connectivity index (χ0v) is 10.7. The van der Waals surface area contributed by atoms with Crippen LogP contribution in [0.5, 0.6) is 0 Å². The fourth-order valence-corrected chi connectivity index (χ4v) is 2.13. The maximum Gasteiger partial charge on any atom is 0.320 e. The standard InChI is InChI=1S/C10H17FN2O.C2H6/c1-7-3-4-13(8(7)2)10(14)12-5-9(11)6-12;1-2/h7-9H,3-6H2,1-2H3;1-2H3. The quantitative estimate of drug-likeness (QED) is 0.627. The number of carbonyl (C=O) groups excluding carboxylic acids is 1. The number of halogens is 1. The molecule has 4 heteroatoms. The minimum atomic E-state index is -0.797. The van der Waals surface area contributed by atoms with Crippen molar-refractivity contribution in [1.82, 2.24) is 9.80 Å². The largest absolute Gasteiger partial charge is 0.322 e. The van der Waals surface area contributed by atoms with E-state index in [-0.39, 0.29) is 19.1 Å². The number of amides is 2. The predicted octanol–water partition coefficient (Wildman–Crippen LogP) is 2.52. The first-order chi connectivity index (χ1) is 7.59. The van der Waals surface area contributed by atoms with E-state index >= 15 is 0 Å². The van der Waals surface area contributed by atoms with E-state index in [1.807, 2.05) is 18.7 Å². The average Bonchev–Trinajstić information content (AvgIpc) is 2.57. The lowest BCUT2D eigenvalue weighted by atomic mass is 10.1. The van der Waals surface area contributed by atoms with E-state index in [9.17, 15) is 9.18 Å². The van der Waals surface area contributed by atoms with Gasteiger partial charge in [0, 0.05) is 12.6 Å². The summed E-state index contributed by atoms with van der Waals surface area (Å²) in [6.45, 7) is 9.63. The van der Waals surface area contributed by atoms with Crippen LogP contribution in [0.4, 0.5) is 9.18 Å². The molecule has 0 aliphatic carbocycles. The van der Waals surface area contributed by atoms with Crippen molar-refractivity contribution in [2.45, 2.75) is 46.3 Å². The Labute approximate surface area is 97.6 Å². The normalized spacial score (nSPS) is 29.6. The monoisotopic (exact) mass is 230 g/mol. The lowest BCUT2D eigenvalue weighted by Crippen LogP contribution is -2.56. The van der Waals surface area contributed by atoms with Gasteiger partial charge in [-0.2, -0.15) is 0 Å². The maximum absolute atomic E-state index is 12.6. The predicted molar refractivity (Wildman–Crippen MR) is 63.2 cm³/mol. The molecule has 2 aliphatic rings. The van der Waals surface area contributed by atoms with Crippen LogP contribution in [0, 0.1) is 5.92 Å². The van der Waals surface area contributed by atoms with Gasteiger partial charge < -0.3 is 9.80 Å². The number of hydrogen-bond donors (Lipinski definition) is 0. The van der Waals surface area contributed by atoms with Gasteiger partial charge in [-0.15, -0.1) is 0 Å². The molecule has 94 valence electrons. The molecule has 2 amide bonds. The summed E-state index contributed by atoms with van der Waals surface area (Å²) in [7, 11) is 0. The molecule has 0 aromatic carbocycles. The van der Waals surface area contributed by atoms with Crippen LogP contribution in [0.25, 0.3) is 0 Å². The molecule has 0 aromatic rings. The van der Waals surface area contributed by atoms with Gasteiger partial charge in [-0.25, -0.2) is 9.18 Å². The Kier molecular flexibility index (Phi) is 4.56. The SMILES string of the molecule is CC.CC1CCN(C(=O)N2CC(F)C2)C1C. The zero-order chi connectivity index (χ0) is 12.3. The first-order valence-electron chi connectivity index (χ1n) is 6.29. The lowest BCUT2D eigenvalue weighted by molar-refractivity contribution is 0.0655. The smallest absolute Gasteiger partial charge is 0.320 e. The van der Waals surface area contributed by atoms with E-state index in [1.165, 1.54) is 0 Å². The first kappa shape index (κ1) is 13.3. The molecule has 2 aliphatic heterocycles. The number of likely N-dealkylation sites (tertiary alicyclic amines) is 2. The van der Waals surface area contributed by atoms with Crippen LogP contribution in [-0.4, -0.2) is 47.7 Å². The summed E-state index contributed by atoms with van der Waals surface area (Å²) in [6.07, 6.45) is 0.272. The highest BCUT2D eigenvalue weighted by Crippen LogP contribution is 2.26. The molecule has 0 saturated carbocycles. The lowest BCUT2D eigenvalue weighted by Gasteiger charge is -2.38. The number of carbonyl (C=O) groups is 1. The number of alkyl halides is 1. The van der Waals surface area contributed by atoms with E-state index in [1.54, 1.807) is 4.90 Å². The maximum atomic E-state index is 12.6. The topological polar surface area (TPSA) is 23.6 Å². The van der Waals surface area contributed by atoms with Crippen LogP contribution in [-0.2, 0) is 0 Å². The Bertz CT molecular complexity index is 241. The molecule has 16 heavy (non-hydrogen) atoms. The Morgan fingerprint density at radius 2 is 1.81 bits per heavy atom. The van der Waals surface area contributed by atoms with Crippen molar-refractivity contribution < 1.29 is 9.18 Å². The van der Waals surface area contributed by atoms with E-state index in [0.717, 1.165) is 13.0 Å². The molecule has 3 nitrogen and oxygen atoms in total. The third kappa shape index (κ3) is 2.47. The minimum absolute atomic E-state index is 0.0238. The van der Waals surface area contributed by atoms with Gasteiger partial charge in [0.05, 0.1) is 13.1 Å². The number of rotatable bonds is 0. The van der Waals surface area contributed by atoms with Gasteiger partial charge in [0.15, 0.2) is 0 Å². The summed E-state index contributed by atoms with van der Waals surface area (Å²) >= 11 is 0. The molecule has 0 aromatic heterocycles. The van der Waals surface area contributed by atoms with Crippen molar-refractivity contribution >= 4 is 6.03 Å². The van der Waals surface area contributed by atoms with Crippen LogP contribution in [0.3, 0.4) is 0 Å². The molecular formula is C12H23FN2O. The van der Waals surface area contributed by atoms with Crippen molar-refractivity contribution in [1.29, 1.82) is 0 Å². The van der Waals surface area contributed by atoms with Crippen LogP contribution in [0.1, 0.15) is 34.1 Å². The van der Waals surface area contributed by atoms with Gasteiger partial charge in [-0.1, -0.05) is 20.8 Å². The molecule has 2 saturated heterocycles. The summed E-state index contributed by atoms with van der Waals surface area (Å²) in [5.41, 5.74) is 0. The van der Waals surface area contributed by atoms with Crippen molar-refractivity contribution in [3.63, 3.8) is 0 Å². The highest BCUT2D eigenvalue weighted by atomic mass is 19.1. The zero-order valence-electron chi connectivity index (χ0n) is 10.7. The van der Waals surface area contributed by atoms with Crippen LogP contribution in [0.2, 0.25) is 0 Å². The number of urea groups is 1. The Morgan fingerprint density at radius 1 is 1.25 bits per heavy atom. The minimum Gasteiger partial charge on any atom is -0.322 e. The molecule has 2 fully saturated rings. The van der Waals surface area contributed by atoms with Gasteiger partial charge >= 0.3 is 6.03 Å². The molecule has 0 bridgehead atoms. The van der Waals surface area contributed by atoms with Crippen molar-refractivity contribution in [3.05, 3.63) is 0 Å². The summed E-state index contributed by atoms with van der Waals surface area (Å²) < 4.78 is 12.6. The van der Waals surface area contributed by atoms with Gasteiger partial charge in [0.2, 0.25) is 0 Å². The molecule has 2 atom stereocenters. The summed E-state index contributed by atoms with van der Waals surface area (Å²) in [6, 6.07) is 0.330. The second-order valence-corrected chi connectivity index (χ2v) is 4.48. The van der Waals surface area contributed by atoms with E-state index < -0.39 is 6.17 Å². The van der Waals surface area contributed by atoms with Crippen molar-refractivity contribution in [2.75, 3.05) is 19.6 Å². The highest BCUT2D eigenvalue weighted by molar-refractivity contribution is 5.76. The molecule has 0 radical (unpaired) electrons. The van der Waals surface area contributed by atoms with Crippen LogP contribution in [0.15, 0.2) is 0 Å². The fourth-order valence-electron chi connectivity index (χ4n) is 2.13. The fraction of sp³-hybridized carbons (Fsp3) is 0.917. The van der Waals surface area contributed by atoms with Crippen molar-refractivity contribution in [3.8, 4) is 0 Å². The van der Waals surface area contributed by atoms with Gasteiger partial charge in [0.25, 0.3) is 0 Å². The van der Waals surface area contributed by atoms with Gasteiger partial charge in [-0.3, -0.25) is 0 Å². The van der Waals surface area contributed by atoms with Gasteiger partial charge in [0.1, 0.15) is 6.17 Å². The van der Waals surface area contributed by atoms with E-state index in [2.05, 4.69) is 13.8 Å². The van der Waals surface area contributed by atoms with Gasteiger partial charge in [-0.05, 0) is 19.3 Å². The molecule has 2 unspecified atom stereocenters. The average molecular weight is 230 g/mol. The third-order valence-electron chi connectivity index (χ3n) is 3.49. The first-order valence-corrected chi connectivity index (χ1v) is 6.29. The third-order valence-corrected chi connectivity index (χ3v) is 3.49. The number of nitrogens with zero attached hydrogens (tertiary/aromatic N) is 2. The number of hydrogen-bond acceptors (Lipinski definition) is 1.